The summed E-state index contributed by atoms with van der Waals surface area (Å²) in [4.78, 5) is 33.1. The molecule has 5 aromatic heterocycles. The minimum absolute atomic E-state index is 0. The van der Waals surface area contributed by atoms with Crippen molar-refractivity contribution in [2.45, 2.75) is 197 Å². The summed E-state index contributed by atoms with van der Waals surface area (Å²) in [7, 11) is 0. The first kappa shape index (κ1) is 105. The summed E-state index contributed by atoms with van der Waals surface area (Å²) < 4.78 is 4.43. The van der Waals surface area contributed by atoms with Crippen molar-refractivity contribution in [2.24, 2.45) is 0 Å². The standard InChI is InChI=1S/C37H36N.C34H33N4.C27H27N2.C23H27N2.4Ir/c1-36(2,3)33-17-13-26(14-18-33)30-23-31(27-15-19-34(20-16-27)37(4,5)6)25-32(24-30)28-10-9-11-29(22-28)35-12-7-8-21-38-35;1-33(2,3)27-17-12-24(13-18-27)30-36-31(25-14-19-28(20-15-25)34(4,5)6)38-32(37-30)26-16-21-29(35-22-26)23-10-8-7-9-11-23;1-19(2)24-17-23(21-11-7-5-8-12-21)18-25(20(3)4)26(24)29-16-15-28-27(29)22-13-9-6-10-14-22;1-4-5-6-8-11-20-16-18(2)22(19(3)17-20)25-15-14-24-23(25)21-12-9-7-10-13-21;;;;/h7-10,12-25H,1-6H3;7-10,12-22H,1-6H3;5-13,15-20H,1-4H3;7,9-10,12,14-17H,4-6,8,11H2,1-3H3;;;;/q4*-1;;;;. The molecule has 9 nitrogen and oxygen atoms in total. The van der Waals surface area contributed by atoms with Crippen molar-refractivity contribution in [1.29, 1.82) is 0 Å². The van der Waals surface area contributed by atoms with E-state index < -0.39 is 0 Å². The zero-order valence-electron chi connectivity index (χ0n) is 80.7. The number of imidazole rings is 2. The molecule has 134 heavy (non-hydrogen) atoms. The molecular weight excluding hydrogens is 2350 g/mol. The number of hydrogen-bond acceptors (Lipinski definition) is 7. The zero-order valence-corrected chi connectivity index (χ0v) is 90.3. The van der Waals surface area contributed by atoms with Gasteiger partial charge in [0.2, 0.25) is 0 Å². The van der Waals surface area contributed by atoms with Crippen LogP contribution in [0.3, 0.4) is 0 Å². The molecule has 0 unspecified atom stereocenters. The Morgan fingerprint density at radius 1 is 0.299 bits per heavy atom. The Bertz CT molecular complexity index is 6360. The summed E-state index contributed by atoms with van der Waals surface area (Å²) in [5, 5.41) is 0. The quantitative estimate of drug-likeness (QED) is 0.0553. The Morgan fingerprint density at radius 3 is 1.08 bits per heavy atom. The molecule has 0 aliphatic carbocycles. The molecule has 5 heterocycles. The van der Waals surface area contributed by atoms with Gasteiger partial charge in [-0.25, -0.2) is 15.0 Å². The molecule has 13 heteroatoms. The summed E-state index contributed by atoms with van der Waals surface area (Å²) >= 11 is 0. The van der Waals surface area contributed by atoms with Crippen LogP contribution >= 0.6 is 0 Å². The predicted octanol–water partition coefficient (Wildman–Crippen LogP) is 31.8. The van der Waals surface area contributed by atoms with E-state index in [9.17, 15) is 0 Å². The van der Waals surface area contributed by atoms with Crippen LogP contribution in [0.5, 0.6) is 0 Å². The molecule has 17 aromatic rings. The van der Waals surface area contributed by atoms with Crippen LogP contribution < -0.4 is 0 Å². The van der Waals surface area contributed by atoms with Crippen molar-refractivity contribution >= 4 is 0 Å². The molecule has 17 rings (SSSR count). The summed E-state index contributed by atoms with van der Waals surface area (Å²) in [6.07, 6.45) is 17.9. The Morgan fingerprint density at radius 2 is 0.679 bits per heavy atom. The van der Waals surface area contributed by atoms with E-state index in [2.05, 4.69) is 385 Å². The third-order valence-electron chi connectivity index (χ3n) is 23.9. The first-order chi connectivity index (χ1) is 62.4. The number of pyridine rings is 2. The number of aromatic nitrogens is 9. The number of nitrogens with zero attached hydrogens (tertiary/aromatic N) is 9. The van der Waals surface area contributed by atoms with E-state index in [-0.39, 0.29) is 102 Å². The molecule has 0 bridgehead atoms. The molecule has 0 N–H and O–H groups in total. The largest absolute Gasteiger partial charge is 0.340 e. The van der Waals surface area contributed by atoms with Gasteiger partial charge in [-0.3, -0.25) is 9.97 Å². The average Bonchev–Trinajstić information content (AvgIpc) is 1.38. The van der Waals surface area contributed by atoms with Gasteiger partial charge in [0.15, 0.2) is 17.5 Å². The molecule has 4 radical (unpaired) electrons. The van der Waals surface area contributed by atoms with Crippen LogP contribution in [0.4, 0.5) is 0 Å². The normalized spacial score (nSPS) is 11.3. The van der Waals surface area contributed by atoms with Gasteiger partial charge in [-0.15, -0.1) is 143 Å². The van der Waals surface area contributed by atoms with E-state index >= 15 is 0 Å². The first-order valence-electron chi connectivity index (χ1n) is 46.0. The van der Waals surface area contributed by atoms with Crippen LogP contribution in [-0.2, 0) is 109 Å². The van der Waals surface area contributed by atoms with Gasteiger partial charge in [0.25, 0.3) is 0 Å². The van der Waals surface area contributed by atoms with Gasteiger partial charge < -0.3 is 19.1 Å². The minimum atomic E-state index is 0. The van der Waals surface area contributed by atoms with Gasteiger partial charge in [-0.2, -0.15) is 0 Å². The molecule has 0 spiro atoms. The Kier molecular flexibility index (Phi) is 37.2. The third kappa shape index (κ3) is 26.8. The average molecular weight is 2470 g/mol. The number of hydrogen-bond donors (Lipinski definition) is 0. The second kappa shape index (κ2) is 47.4. The van der Waals surface area contributed by atoms with E-state index in [4.69, 9.17) is 15.0 Å². The summed E-state index contributed by atoms with van der Waals surface area (Å²) in [6, 6.07) is 115. The zero-order chi connectivity index (χ0) is 91.9. The second-order valence-electron chi connectivity index (χ2n) is 38.7. The maximum absolute atomic E-state index is 4.90. The minimum Gasteiger partial charge on any atom is -0.340 e. The molecule has 0 saturated heterocycles. The van der Waals surface area contributed by atoms with Gasteiger partial charge in [0.1, 0.15) is 0 Å². The fourth-order valence-electron chi connectivity index (χ4n) is 16.4. The van der Waals surface area contributed by atoms with Crippen LogP contribution in [0.2, 0.25) is 0 Å². The van der Waals surface area contributed by atoms with Gasteiger partial charge in [0.05, 0.1) is 11.6 Å². The van der Waals surface area contributed by atoms with Crippen LogP contribution in [0, 0.1) is 38.1 Å². The van der Waals surface area contributed by atoms with Crippen LogP contribution in [0.1, 0.15) is 205 Å². The molecule has 0 atom stereocenters. The predicted molar refractivity (Wildman–Crippen MR) is 544 cm³/mol. The topological polar surface area (TPSA) is 100 Å². The molecule has 0 fully saturated rings. The molecule has 0 saturated carbocycles. The summed E-state index contributed by atoms with van der Waals surface area (Å²) in [6.45, 7) is 42.6. The van der Waals surface area contributed by atoms with Crippen molar-refractivity contribution in [2.75, 3.05) is 0 Å². The van der Waals surface area contributed by atoms with Crippen molar-refractivity contribution in [3.05, 3.63) is 403 Å². The smallest absolute Gasteiger partial charge is 0.165 e. The van der Waals surface area contributed by atoms with Crippen LogP contribution in [0.25, 0.3) is 135 Å². The maximum Gasteiger partial charge on any atom is 0.165 e. The SMILES string of the molecule is CC(C)(C)c1ccc(-c2cc(-c3ccc(C(C)(C)C)cc3)cc(-c3cc[c-]c(-c4ccccn4)c3)c2)cc1.CC(C)(C)c1ccc(-c2nc(-c3ccc(C(C)(C)C)cc3)nc(-c3ccc(-c4[c-]cccc4)nc3)n2)cc1.CC(C)c1cc(-c2ccccc2)cc(C(C)C)c1-n1ccnc1-c1[c-]cccc1.CCCCCCc1cc(C)c(-n2ccnc2-c2[c-]cccc2)c(C)c1.[Ir].[Ir].[Ir].[Ir]. The third-order valence-corrected chi connectivity index (χ3v) is 23.9. The molecule has 692 valence electrons. The monoisotopic (exact) mass is 2470 g/mol. The Labute approximate surface area is 852 Å². The molecular formula is C121H123Ir4N9-4. The summed E-state index contributed by atoms with van der Waals surface area (Å²) in [5.74, 6) is 4.55. The van der Waals surface area contributed by atoms with Gasteiger partial charge in [-0.05, 0) is 197 Å². The number of aryl methyl sites for hydroxylation is 3. The van der Waals surface area contributed by atoms with Crippen LogP contribution in [-0.4, -0.2) is 44.0 Å². The van der Waals surface area contributed by atoms with Gasteiger partial charge in [-0.1, -0.05) is 301 Å². The van der Waals surface area contributed by atoms with E-state index in [0.717, 1.165) is 67.5 Å². The fraction of sp³-hybridized carbons (Fsp3) is 0.248. The Hall–Kier alpha value is -11.0. The van der Waals surface area contributed by atoms with Gasteiger partial charge >= 0.3 is 0 Å². The number of unbranched alkanes of at least 4 members (excludes halogenated alkanes) is 3. The van der Waals surface area contributed by atoms with Crippen molar-refractivity contribution in [3.8, 4) is 135 Å². The van der Waals surface area contributed by atoms with Crippen molar-refractivity contribution < 1.29 is 80.4 Å². The summed E-state index contributed by atoms with van der Waals surface area (Å²) in [5.41, 5.74) is 33.1. The van der Waals surface area contributed by atoms with E-state index in [1.165, 1.54) is 132 Å². The first-order valence-corrected chi connectivity index (χ1v) is 46.0. The molecule has 0 amide bonds. The number of rotatable bonds is 20. The maximum atomic E-state index is 4.90. The molecule has 12 aromatic carbocycles. The Balaban J connectivity index is 0.000000186. The molecule has 0 aliphatic heterocycles. The van der Waals surface area contributed by atoms with E-state index in [0.29, 0.717) is 29.3 Å². The molecule has 0 aliphatic rings. The van der Waals surface area contributed by atoms with Crippen molar-refractivity contribution in [3.63, 3.8) is 0 Å². The number of benzene rings is 12. The van der Waals surface area contributed by atoms with Crippen molar-refractivity contribution in [1.82, 2.24) is 44.0 Å². The second-order valence-corrected chi connectivity index (χ2v) is 38.7. The van der Waals surface area contributed by atoms with Gasteiger partial charge in [0, 0.05) is 146 Å². The van der Waals surface area contributed by atoms with E-state index in [1.807, 2.05) is 128 Å². The van der Waals surface area contributed by atoms with Crippen LogP contribution in [0.15, 0.2) is 328 Å². The van der Waals surface area contributed by atoms with E-state index in [1.54, 1.807) is 0 Å². The fourth-order valence-corrected chi connectivity index (χ4v) is 16.4.